The lowest BCUT2D eigenvalue weighted by Crippen LogP contribution is -2.14. The van der Waals surface area contributed by atoms with E-state index in [1.165, 1.54) is 18.3 Å². The fourth-order valence-corrected chi connectivity index (χ4v) is 2.05. The molecule has 2 rings (SSSR count). The molecule has 1 aromatic heterocycles. The number of nitrogens with zero attached hydrogens (tertiary/aromatic N) is 1. The maximum atomic E-state index is 13.6. The van der Waals surface area contributed by atoms with E-state index in [-0.39, 0.29) is 5.69 Å². The minimum atomic E-state index is -0.815. The summed E-state index contributed by atoms with van der Waals surface area (Å²) < 4.78 is 26.4. The first kappa shape index (κ1) is 16.9. The maximum absolute atomic E-state index is 13.6. The van der Waals surface area contributed by atoms with Crippen LogP contribution in [-0.2, 0) is 0 Å². The summed E-state index contributed by atoms with van der Waals surface area (Å²) in [7, 11) is 0. The Morgan fingerprint density at radius 2 is 2.00 bits per heavy atom. The number of nitrogens with one attached hydrogen (secondary N) is 2. The van der Waals surface area contributed by atoms with Crippen molar-refractivity contribution in [2.75, 3.05) is 17.2 Å². The molecule has 0 aliphatic carbocycles. The van der Waals surface area contributed by atoms with Crippen LogP contribution in [0.25, 0.3) is 0 Å². The van der Waals surface area contributed by atoms with E-state index in [1.807, 2.05) is 0 Å². The van der Waals surface area contributed by atoms with E-state index in [9.17, 15) is 13.6 Å². The Morgan fingerprint density at radius 3 is 2.74 bits per heavy atom. The average molecular weight is 319 g/mol. The zero-order chi connectivity index (χ0) is 16.7. The molecule has 0 radical (unpaired) electrons. The molecule has 0 aliphatic rings. The fraction of sp³-hybridized carbons (Fsp3) is 0.294. The summed E-state index contributed by atoms with van der Waals surface area (Å²) in [4.78, 5) is 16.3. The molecular formula is C17H19F2N3O. The van der Waals surface area contributed by atoms with E-state index in [1.54, 1.807) is 6.07 Å². The number of halogens is 2. The highest BCUT2D eigenvalue weighted by molar-refractivity contribution is 6.04. The summed E-state index contributed by atoms with van der Waals surface area (Å²) in [6.07, 6.45) is 4.78. The third kappa shape index (κ3) is 5.02. The monoisotopic (exact) mass is 319 g/mol. The Morgan fingerprint density at radius 1 is 1.17 bits per heavy atom. The predicted molar refractivity (Wildman–Crippen MR) is 86.6 cm³/mol. The number of carbonyl (C=O) groups excluding carboxylic acids is 1. The van der Waals surface area contributed by atoms with Gasteiger partial charge in [0.1, 0.15) is 17.5 Å². The topological polar surface area (TPSA) is 54.0 Å². The summed E-state index contributed by atoms with van der Waals surface area (Å²) in [5.41, 5.74) is 0.285. The third-order valence-corrected chi connectivity index (χ3v) is 3.29. The largest absolute Gasteiger partial charge is 0.370 e. The zero-order valence-electron chi connectivity index (χ0n) is 12.9. The molecule has 0 unspecified atom stereocenters. The Hall–Kier alpha value is -2.50. The SMILES string of the molecule is CCCCCNc1cc(C(=O)Nc2ccc(F)cc2F)ccn1. The molecule has 1 aromatic carbocycles. The summed E-state index contributed by atoms with van der Waals surface area (Å²) in [6, 6.07) is 6.14. The molecular weight excluding hydrogens is 300 g/mol. The van der Waals surface area contributed by atoms with Crippen LogP contribution in [0.3, 0.4) is 0 Å². The number of anilines is 2. The summed E-state index contributed by atoms with van der Waals surface area (Å²) in [5, 5.41) is 5.56. The molecule has 2 N–H and O–H groups in total. The van der Waals surface area contributed by atoms with Crippen LogP contribution in [0.1, 0.15) is 36.5 Å². The van der Waals surface area contributed by atoms with Crippen molar-refractivity contribution in [3.05, 3.63) is 53.7 Å². The van der Waals surface area contributed by atoms with Crippen molar-refractivity contribution in [2.45, 2.75) is 26.2 Å². The van der Waals surface area contributed by atoms with Gasteiger partial charge in [0, 0.05) is 24.4 Å². The van der Waals surface area contributed by atoms with Crippen molar-refractivity contribution < 1.29 is 13.6 Å². The van der Waals surface area contributed by atoms with Gasteiger partial charge in [-0.05, 0) is 30.7 Å². The lowest BCUT2D eigenvalue weighted by molar-refractivity contribution is 0.102. The molecule has 1 amide bonds. The van der Waals surface area contributed by atoms with Crippen LogP contribution in [0.15, 0.2) is 36.5 Å². The molecule has 122 valence electrons. The number of amides is 1. The van der Waals surface area contributed by atoms with Crippen LogP contribution >= 0.6 is 0 Å². The lowest BCUT2D eigenvalue weighted by atomic mass is 10.2. The van der Waals surface area contributed by atoms with Gasteiger partial charge in [-0.1, -0.05) is 19.8 Å². The second-order valence-electron chi connectivity index (χ2n) is 5.14. The standard InChI is InChI=1S/C17H19F2N3O/c1-2-3-4-8-20-16-10-12(7-9-21-16)17(23)22-15-6-5-13(18)11-14(15)19/h5-7,9-11H,2-4,8H2,1H3,(H,20,21)(H,22,23). The van der Waals surface area contributed by atoms with Gasteiger partial charge in [0.2, 0.25) is 0 Å². The van der Waals surface area contributed by atoms with E-state index in [2.05, 4.69) is 22.5 Å². The fourth-order valence-electron chi connectivity index (χ4n) is 2.05. The van der Waals surface area contributed by atoms with Gasteiger partial charge in [-0.25, -0.2) is 13.8 Å². The van der Waals surface area contributed by atoms with Gasteiger partial charge in [0.05, 0.1) is 5.69 Å². The molecule has 2 aromatic rings. The van der Waals surface area contributed by atoms with Gasteiger partial charge in [0.25, 0.3) is 5.91 Å². The third-order valence-electron chi connectivity index (χ3n) is 3.29. The minimum Gasteiger partial charge on any atom is -0.370 e. The number of carbonyl (C=O) groups is 1. The molecule has 0 spiro atoms. The highest BCUT2D eigenvalue weighted by atomic mass is 19.1. The molecule has 0 saturated heterocycles. The van der Waals surface area contributed by atoms with Crippen molar-refractivity contribution in [1.29, 1.82) is 0 Å². The first-order chi connectivity index (χ1) is 11.1. The maximum Gasteiger partial charge on any atom is 0.255 e. The van der Waals surface area contributed by atoms with Gasteiger partial charge in [0.15, 0.2) is 0 Å². The summed E-state index contributed by atoms with van der Waals surface area (Å²) in [6.45, 7) is 2.90. The molecule has 4 nitrogen and oxygen atoms in total. The van der Waals surface area contributed by atoms with E-state index < -0.39 is 17.5 Å². The van der Waals surface area contributed by atoms with Crippen LogP contribution in [0.4, 0.5) is 20.3 Å². The summed E-state index contributed by atoms with van der Waals surface area (Å²) in [5.74, 6) is -1.39. The van der Waals surface area contributed by atoms with Crippen LogP contribution in [0.2, 0.25) is 0 Å². The Balaban J connectivity index is 2.01. The first-order valence-corrected chi connectivity index (χ1v) is 7.56. The van der Waals surface area contributed by atoms with Crippen molar-refractivity contribution >= 4 is 17.4 Å². The van der Waals surface area contributed by atoms with Crippen molar-refractivity contribution in [1.82, 2.24) is 4.98 Å². The molecule has 0 aliphatic heterocycles. The highest BCUT2D eigenvalue weighted by Crippen LogP contribution is 2.16. The van der Waals surface area contributed by atoms with E-state index in [4.69, 9.17) is 0 Å². The van der Waals surface area contributed by atoms with Crippen molar-refractivity contribution in [3.8, 4) is 0 Å². The van der Waals surface area contributed by atoms with Crippen molar-refractivity contribution in [2.24, 2.45) is 0 Å². The number of hydrogen-bond acceptors (Lipinski definition) is 3. The van der Waals surface area contributed by atoms with E-state index >= 15 is 0 Å². The summed E-state index contributed by atoms with van der Waals surface area (Å²) >= 11 is 0. The second-order valence-corrected chi connectivity index (χ2v) is 5.14. The molecule has 23 heavy (non-hydrogen) atoms. The van der Waals surface area contributed by atoms with Gasteiger partial charge >= 0.3 is 0 Å². The number of pyridine rings is 1. The Kier molecular flexibility index (Phi) is 6.02. The average Bonchev–Trinajstić information content (AvgIpc) is 2.54. The first-order valence-electron chi connectivity index (χ1n) is 7.56. The van der Waals surface area contributed by atoms with Crippen molar-refractivity contribution in [3.63, 3.8) is 0 Å². The molecule has 0 atom stereocenters. The normalized spacial score (nSPS) is 10.4. The Bertz CT molecular complexity index is 677. The van der Waals surface area contributed by atoms with Gasteiger partial charge in [-0.15, -0.1) is 0 Å². The molecule has 1 heterocycles. The molecule has 0 fully saturated rings. The van der Waals surface area contributed by atoms with Crippen LogP contribution in [-0.4, -0.2) is 17.4 Å². The number of benzene rings is 1. The number of rotatable bonds is 7. The Labute approximate surface area is 133 Å². The quantitative estimate of drug-likeness (QED) is 0.752. The number of unbranched alkanes of at least 4 members (excludes halogenated alkanes) is 2. The van der Waals surface area contributed by atoms with E-state index in [0.717, 1.165) is 37.9 Å². The second kappa shape index (κ2) is 8.22. The molecule has 0 saturated carbocycles. The van der Waals surface area contributed by atoms with Crippen LogP contribution < -0.4 is 10.6 Å². The van der Waals surface area contributed by atoms with Crippen LogP contribution in [0.5, 0.6) is 0 Å². The number of hydrogen-bond donors (Lipinski definition) is 2. The van der Waals surface area contributed by atoms with Gasteiger partial charge < -0.3 is 10.6 Å². The lowest BCUT2D eigenvalue weighted by Gasteiger charge is -2.09. The predicted octanol–water partition coefficient (Wildman–Crippen LogP) is 4.21. The number of aromatic nitrogens is 1. The zero-order valence-corrected chi connectivity index (χ0v) is 12.9. The van der Waals surface area contributed by atoms with Gasteiger partial charge in [-0.2, -0.15) is 0 Å². The smallest absolute Gasteiger partial charge is 0.255 e. The molecule has 0 bridgehead atoms. The van der Waals surface area contributed by atoms with Crippen LogP contribution in [0, 0.1) is 11.6 Å². The minimum absolute atomic E-state index is 0.0642. The van der Waals surface area contributed by atoms with E-state index in [0.29, 0.717) is 11.4 Å². The molecule has 6 heteroatoms. The highest BCUT2D eigenvalue weighted by Gasteiger charge is 2.11. The van der Waals surface area contributed by atoms with Gasteiger partial charge in [-0.3, -0.25) is 4.79 Å².